The van der Waals surface area contributed by atoms with E-state index in [1.54, 1.807) is 16.7 Å². The highest BCUT2D eigenvalue weighted by atomic mass is 32.2. The molecule has 3 N–H and O–H groups in total. The van der Waals surface area contributed by atoms with E-state index < -0.39 is 17.4 Å². The summed E-state index contributed by atoms with van der Waals surface area (Å²) >= 11 is 1.74. The number of thioether (sulfide) groups is 1. The number of hydrogen-bond acceptors (Lipinski definition) is 4. The molecule has 3 fully saturated rings. The Labute approximate surface area is 168 Å². The van der Waals surface area contributed by atoms with E-state index in [4.69, 9.17) is 0 Å². The summed E-state index contributed by atoms with van der Waals surface area (Å²) in [4.78, 5) is 41.9. The molecule has 0 aromatic heterocycles. The number of nitrogens with zero attached hydrogens (tertiary/aromatic N) is 1. The van der Waals surface area contributed by atoms with Gasteiger partial charge < -0.3 is 10.6 Å². The zero-order valence-corrected chi connectivity index (χ0v) is 16.8. The number of quaternary nitrogens is 1. The van der Waals surface area contributed by atoms with Gasteiger partial charge in [-0.05, 0) is 30.9 Å². The lowest BCUT2D eigenvalue weighted by atomic mass is 9.76. The molecule has 6 nitrogen and oxygen atoms in total. The maximum Gasteiger partial charge on any atom is 0.291 e. The Morgan fingerprint density at radius 1 is 1.18 bits per heavy atom. The SMILES string of the molecule is CSCC[C@H]1[NH2+][C@]2(C(=O)Nc3ccccc32)[C@H]2C(=O)N(C3CCCC3)C(=O)[C@H]12. The largest absolute Gasteiger partial charge is 0.326 e. The van der Waals surface area contributed by atoms with Crippen molar-refractivity contribution in [2.75, 3.05) is 17.3 Å². The maximum atomic E-state index is 13.6. The second kappa shape index (κ2) is 6.59. The first-order valence-corrected chi connectivity index (χ1v) is 11.6. The molecule has 2 saturated heterocycles. The fourth-order valence-electron chi connectivity index (χ4n) is 5.98. The fraction of sp³-hybridized carbons (Fsp3) is 0.571. The van der Waals surface area contributed by atoms with E-state index in [1.807, 2.05) is 35.8 Å². The monoisotopic (exact) mass is 400 g/mol. The van der Waals surface area contributed by atoms with E-state index in [-0.39, 0.29) is 29.8 Å². The number of carbonyl (C=O) groups excluding carboxylic acids is 3. The maximum absolute atomic E-state index is 13.6. The topological polar surface area (TPSA) is 83.1 Å². The average molecular weight is 401 g/mol. The molecule has 1 saturated carbocycles. The summed E-state index contributed by atoms with van der Waals surface area (Å²) < 4.78 is 0. The van der Waals surface area contributed by atoms with Gasteiger partial charge in [-0.2, -0.15) is 11.8 Å². The molecule has 148 valence electrons. The van der Waals surface area contributed by atoms with E-state index >= 15 is 0 Å². The Morgan fingerprint density at radius 2 is 1.93 bits per heavy atom. The van der Waals surface area contributed by atoms with Gasteiger partial charge in [0.05, 0.1) is 5.69 Å². The number of likely N-dealkylation sites (tertiary alicyclic amines) is 1. The number of fused-ring (bicyclic) bond motifs is 4. The average Bonchev–Trinajstić information content (AvgIpc) is 3.42. The van der Waals surface area contributed by atoms with Gasteiger partial charge in [-0.1, -0.05) is 31.0 Å². The number of carbonyl (C=O) groups is 3. The van der Waals surface area contributed by atoms with Gasteiger partial charge >= 0.3 is 0 Å². The number of imide groups is 1. The Hall–Kier alpha value is -1.86. The van der Waals surface area contributed by atoms with Crippen LogP contribution < -0.4 is 10.6 Å². The van der Waals surface area contributed by atoms with Crippen molar-refractivity contribution in [1.29, 1.82) is 0 Å². The summed E-state index contributed by atoms with van der Waals surface area (Å²) in [5, 5.41) is 5.02. The van der Waals surface area contributed by atoms with Crippen molar-refractivity contribution in [2.45, 2.75) is 49.7 Å². The number of nitrogens with one attached hydrogen (secondary N) is 1. The second-order valence-electron chi connectivity index (χ2n) is 8.47. The van der Waals surface area contributed by atoms with E-state index in [0.29, 0.717) is 0 Å². The number of nitrogens with two attached hydrogens (primary N) is 1. The number of hydrogen-bond donors (Lipinski definition) is 2. The summed E-state index contributed by atoms with van der Waals surface area (Å²) in [5.74, 6) is -0.415. The quantitative estimate of drug-likeness (QED) is 0.741. The Balaban J connectivity index is 1.61. The minimum atomic E-state index is -1.01. The van der Waals surface area contributed by atoms with E-state index in [1.165, 1.54) is 0 Å². The minimum Gasteiger partial charge on any atom is -0.326 e. The number of anilines is 1. The van der Waals surface area contributed by atoms with Crippen LogP contribution in [0.4, 0.5) is 5.69 Å². The standard InChI is InChI=1S/C21H25N3O3S/c1-28-11-10-15-16-17(19(26)24(18(16)25)12-6-2-3-7-12)21(23-15)13-8-4-5-9-14(13)22-20(21)27/h4-5,8-9,12,15-17,23H,2-3,6-7,10-11H2,1H3,(H,22,27)/p+1/t15-,16-,17-,21+/m1/s1. The Morgan fingerprint density at radius 3 is 2.68 bits per heavy atom. The molecule has 1 aromatic carbocycles. The number of amides is 3. The molecule has 0 bridgehead atoms. The van der Waals surface area contributed by atoms with Crippen molar-refractivity contribution in [2.24, 2.45) is 11.8 Å². The van der Waals surface area contributed by atoms with E-state index in [2.05, 4.69) is 5.32 Å². The number of para-hydroxylation sites is 1. The molecule has 1 aliphatic carbocycles. The van der Waals surface area contributed by atoms with Gasteiger partial charge in [-0.15, -0.1) is 0 Å². The third-order valence-electron chi connectivity index (χ3n) is 7.16. The Bertz CT molecular complexity index is 853. The molecule has 5 rings (SSSR count). The molecule has 1 spiro atoms. The van der Waals surface area contributed by atoms with Crippen LogP contribution in [0.3, 0.4) is 0 Å². The van der Waals surface area contributed by atoms with Crippen molar-refractivity contribution in [3.63, 3.8) is 0 Å². The molecule has 0 radical (unpaired) electrons. The van der Waals surface area contributed by atoms with Gasteiger partial charge in [0.25, 0.3) is 5.91 Å². The summed E-state index contributed by atoms with van der Waals surface area (Å²) in [6.07, 6.45) is 6.78. The second-order valence-corrected chi connectivity index (χ2v) is 9.45. The molecule has 7 heteroatoms. The number of rotatable bonds is 4. The fourth-order valence-corrected chi connectivity index (χ4v) is 6.49. The van der Waals surface area contributed by atoms with E-state index in [9.17, 15) is 14.4 Å². The molecule has 3 aliphatic heterocycles. The molecule has 28 heavy (non-hydrogen) atoms. The molecular formula is C21H26N3O3S+. The normalized spacial score (nSPS) is 34.4. The molecule has 4 aliphatic rings. The van der Waals surface area contributed by atoms with Gasteiger partial charge in [0.2, 0.25) is 17.4 Å². The third kappa shape index (κ3) is 2.29. The van der Waals surface area contributed by atoms with Crippen LogP contribution in [0.25, 0.3) is 0 Å². The predicted octanol–water partition coefficient (Wildman–Crippen LogP) is 1.08. The highest BCUT2D eigenvalue weighted by Crippen LogP contribution is 2.50. The van der Waals surface area contributed by atoms with Crippen LogP contribution in [0, 0.1) is 11.8 Å². The molecule has 3 amide bonds. The highest BCUT2D eigenvalue weighted by Gasteiger charge is 2.74. The lowest BCUT2D eigenvalue weighted by Gasteiger charge is -2.28. The van der Waals surface area contributed by atoms with Crippen LogP contribution >= 0.6 is 11.8 Å². The summed E-state index contributed by atoms with van der Waals surface area (Å²) in [6.45, 7) is 0. The summed E-state index contributed by atoms with van der Waals surface area (Å²) in [7, 11) is 0. The molecule has 3 heterocycles. The third-order valence-corrected chi connectivity index (χ3v) is 7.80. The smallest absolute Gasteiger partial charge is 0.291 e. The predicted molar refractivity (Wildman–Crippen MR) is 107 cm³/mol. The van der Waals surface area contributed by atoms with Crippen LogP contribution in [-0.4, -0.2) is 46.7 Å². The van der Waals surface area contributed by atoms with Crippen molar-refractivity contribution in [3.05, 3.63) is 29.8 Å². The number of benzene rings is 1. The first-order valence-electron chi connectivity index (χ1n) is 10.2. The molecular weight excluding hydrogens is 374 g/mol. The molecule has 0 unspecified atom stereocenters. The minimum absolute atomic E-state index is 0.0172. The van der Waals surface area contributed by atoms with Crippen LogP contribution in [0.2, 0.25) is 0 Å². The lowest BCUT2D eigenvalue weighted by Crippen LogP contribution is -2.99. The zero-order valence-electron chi connectivity index (χ0n) is 16.0. The Kier molecular flexibility index (Phi) is 4.28. The lowest BCUT2D eigenvalue weighted by molar-refractivity contribution is -0.733. The summed E-state index contributed by atoms with van der Waals surface area (Å²) in [6, 6.07) is 7.60. The first kappa shape index (κ1) is 18.2. The van der Waals surface area contributed by atoms with Gasteiger partial charge in [0, 0.05) is 18.0 Å². The highest BCUT2D eigenvalue weighted by molar-refractivity contribution is 7.98. The summed E-state index contributed by atoms with van der Waals surface area (Å²) in [5.41, 5.74) is 0.619. The van der Waals surface area contributed by atoms with Crippen molar-refractivity contribution in [3.8, 4) is 0 Å². The van der Waals surface area contributed by atoms with Gasteiger partial charge in [0.15, 0.2) is 0 Å². The van der Waals surface area contributed by atoms with Gasteiger partial charge in [0.1, 0.15) is 17.9 Å². The first-order chi connectivity index (χ1) is 13.6. The van der Waals surface area contributed by atoms with Crippen LogP contribution in [0.5, 0.6) is 0 Å². The molecule has 1 aromatic rings. The van der Waals surface area contributed by atoms with Gasteiger partial charge in [-0.3, -0.25) is 19.3 Å². The van der Waals surface area contributed by atoms with Crippen LogP contribution in [0.1, 0.15) is 37.7 Å². The van der Waals surface area contributed by atoms with Crippen molar-refractivity contribution in [1.82, 2.24) is 4.90 Å². The zero-order chi connectivity index (χ0) is 19.5. The van der Waals surface area contributed by atoms with Crippen molar-refractivity contribution < 1.29 is 19.7 Å². The van der Waals surface area contributed by atoms with Crippen molar-refractivity contribution >= 4 is 35.2 Å². The van der Waals surface area contributed by atoms with Crippen LogP contribution in [0.15, 0.2) is 24.3 Å². The van der Waals surface area contributed by atoms with Gasteiger partial charge in [-0.25, -0.2) is 0 Å². The van der Waals surface area contributed by atoms with E-state index in [0.717, 1.165) is 49.1 Å². The van der Waals surface area contributed by atoms with Crippen LogP contribution in [-0.2, 0) is 19.9 Å². The molecule has 4 atom stereocenters.